The lowest BCUT2D eigenvalue weighted by atomic mass is 10.1. The summed E-state index contributed by atoms with van der Waals surface area (Å²) in [5, 5.41) is 12.5. The number of thioether (sulfide) groups is 1. The van der Waals surface area contributed by atoms with Gasteiger partial charge in [0.2, 0.25) is 0 Å². The summed E-state index contributed by atoms with van der Waals surface area (Å²) >= 11 is 1.59. The van der Waals surface area contributed by atoms with Gasteiger partial charge in [-0.15, -0.1) is 18.3 Å². The van der Waals surface area contributed by atoms with Gasteiger partial charge in [0.25, 0.3) is 0 Å². The minimum atomic E-state index is 0.293. The van der Waals surface area contributed by atoms with Gasteiger partial charge in [-0.2, -0.15) is 5.26 Å². The first-order valence-electron chi connectivity index (χ1n) is 5.17. The third kappa shape index (κ3) is 3.04. The minimum absolute atomic E-state index is 0.293. The molecule has 0 aliphatic rings. The second-order valence-corrected chi connectivity index (χ2v) is 4.41. The molecule has 1 N–H and O–H groups in total. The lowest BCUT2D eigenvalue weighted by Gasteiger charge is -2.15. The fourth-order valence-corrected chi connectivity index (χ4v) is 2.09. The third-order valence-electron chi connectivity index (χ3n) is 2.28. The SMILES string of the molecule is C=CCC(C)Nc1cccc(SC)c1C#N. The molecular weight excluding hydrogens is 216 g/mol. The highest BCUT2D eigenvalue weighted by atomic mass is 32.2. The van der Waals surface area contributed by atoms with E-state index in [1.54, 1.807) is 11.8 Å². The lowest BCUT2D eigenvalue weighted by Crippen LogP contribution is -2.14. The van der Waals surface area contributed by atoms with Crippen molar-refractivity contribution in [2.45, 2.75) is 24.3 Å². The molecule has 0 saturated carbocycles. The Labute approximate surface area is 101 Å². The summed E-state index contributed by atoms with van der Waals surface area (Å²) in [6.45, 7) is 5.79. The number of anilines is 1. The van der Waals surface area contributed by atoms with Gasteiger partial charge in [-0.1, -0.05) is 12.1 Å². The van der Waals surface area contributed by atoms with E-state index in [4.69, 9.17) is 5.26 Å². The van der Waals surface area contributed by atoms with Crippen LogP contribution in [0.3, 0.4) is 0 Å². The molecule has 0 fully saturated rings. The van der Waals surface area contributed by atoms with Gasteiger partial charge in [0.05, 0.1) is 11.3 Å². The maximum absolute atomic E-state index is 9.15. The van der Waals surface area contributed by atoms with Crippen LogP contribution < -0.4 is 5.32 Å². The van der Waals surface area contributed by atoms with Crippen molar-refractivity contribution in [2.75, 3.05) is 11.6 Å². The van der Waals surface area contributed by atoms with Crippen LogP contribution in [0.25, 0.3) is 0 Å². The maximum atomic E-state index is 9.15. The molecule has 0 spiro atoms. The predicted molar refractivity (Wildman–Crippen MR) is 70.8 cm³/mol. The van der Waals surface area contributed by atoms with Gasteiger partial charge < -0.3 is 5.32 Å². The van der Waals surface area contributed by atoms with Crippen LogP contribution in [0.15, 0.2) is 35.7 Å². The zero-order valence-electron chi connectivity index (χ0n) is 9.66. The lowest BCUT2D eigenvalue weighted by molar-refractivity contribution is 0.813. The van der Waals surface area contributed by atoms with Gasteiger partial charge in [-0.05, 0) is 31.7 Å². The maximum Gasteiger partial charge on any atom is 0.102 e. The molecule has 0 amide bonds. The summed E-state index contributed by atoms with van der Waals surface area (Å²) in [7, 11) is 0. The molecule has 0 radical (unpaired) electrons. The van der Waals surface area contributed by atoms with E-state index in [0.29, 0.717) is 6.04 Å². The van der Waals surface area contributed by atoms with Gasteiger partial charge in [-0.3, -0.25) is 0 Å². The number of nitrogens with one attached hydrogen (secondary N) is 1. The van der Waals surface area contributed by atoms with Crippen LogP contribution >= 0.6 is 11.8 Å². The van der Waals surface area contributed by atoms with Crippen LogP contribution in [0.4, 0.5) is 5.69 Å². The number of benzene rings is 1. The molecular formula is C13H16N2S. The summed E-state index contributed by atoms with van der Waals surface area (Å²) < 4.78 is 0. The molecule has 1 atom stereocenters. The molecule has 1 aromatic carbocycles. The summed E-state index contributed by atoms with van der Waals surface area (Å²) in [6.07, 6.45) is 4.74. The number of hydrogen-bond acceptors (Lipinski definition) is 3. The van der Waals surface area contributed by atoms with Crippen molar-refractivity contribution in [1.82, 2.24) is 0 Å². The molecule has 1 aromatic rings. The second kappa shape index (κ2) is 6.24. The Hall–Kier alpha value is -1.40. The van der Waals surface area contributed by atoms with Gasteiger partial charge >= 0.3 is 0 Å². The van der Waals surface area contributed by atoms with E-state index in [2.05, 4.69) is 24.9 Å². The van der Waals surface area contributed by atoms with Crippen molar-refractivity contribution in [1.29, 1.82) is 5.26 Å². The number of nitrogens with zero attached hydrogens (tertiary/aromatic N) is 1. The van der Waals surface area contributed by atoms with Crippen LogP contribution in [0.1, 0.15) is 18.9 Å². The van der Waals surface area contributed by atoms with E-state index >= 15 is 0 Å². The molecule has 16 heavy (non-hydrogen) atoms. The Kier molecular flexibility index (Phi) is 4.94. The summed E-state index contributed by atoms with van der Waals surface area (Å²) in [5.41, 5.74) is 1.63. The largest absolute Gasteiger partial charge is 0.381 e. The normalized spacial score (nSPS) is 11.6. The second-order valence-electron chi connectivity index (χ2n) is 3.56. The van der Waals surface area contributed by atoms with E-state index in [1.807, 2.05) is 30.5 Å². The average molecular weight is 232 g/mol. The fourth-order valence-electron chi connectivity index (χ4n) is 1.51. The van der Waals surface area contributed by atoms with E-state index < -0.39 is 0 Å². The van der Waals surface area contributed by atoms with Crippen LogP contribution in [0.5, 0.6) is 0 Å². The topological polar surface area (TPSA) is 35.8 Å². The predicted octanol–water partition coefficient (Wildman–Crippen LogP) is 3.66. The third-order valence-corrected chi connectivity index (χ3v) is 3.06. The van der Waals surface area contributed by atoms with Gasteiger partial charge in [0.1, 0.15) is 6.07 Å². The standard InChI is InChI=1S/C13H16N2S/c1-4-6-10(2)15-12-7-5-8-13(16-3)11(12)9-14/h4-5,7-8,10,15H,1,6H2,2-3H3. The monoisotopic (exact) mass is 232 g/mol. The quantitative estimate of drug-likeness (QED) is 0.621. The smallest absolute Gasteiger partial charge is 0.102 e. The molecule has 0 aromatic heterocycles. The van der Waals surface area contributed by atoms with Crippen LogP contribution in [0.2, 0.25) is 0 Å². The van der Waals surface area contributed by atoms with Gasteiger partial charge in [0.15, 0.2) is 0 Å². The number of nitriles is 1. The van der Waals surface area contributed by atoms with Crippen molar-refractivity contribution in [3.05, 3.63) is 36.4 Å². The van der Waals surface area contributed by atoms with E-state index in [1.165, 1.54) is 0 Å². The van der Waals surface area contributed by atoms with Crippen molar-refractivity contribution < 1.29 is 0 Å². The van der Waals surface area contributed by atoms with Gasteiger partial charge in [0, 0.05) is 10.9 Å². The van der Waals surface area contributed by atoms with Crippen molar-refractivity contribution >= 4 is 17.4 Å². The number of hydrogen-bond donors (Lipinski definition) is 1. The Morgan fingerprint density at radius 2 is 2.38 bits per heavy atom. The molecule has 0 aliphatic carbocycles. The molecule has 1 unspecified atom stereocenters. The number of rotatable bonds is 5. The van der Waals surface area contributed by atoms with Crippen molar-refractivity contribution in [2.24, 2.45) is 0 Å². The summed E-state index contributed by atoms with van der Waals surface area (Å²) in [4.78, 5) is 1.01. The molecule has 2 nitrogen and oxygen atoms in total. The highest BCUT2D eigenvalue weighted by Crippen LogP contribution is 2.26. The molecule has 3 heteroatoms. The van der Waals surface area contributed by atoms with E-state index in [0.717, 1.165) is 22.6 Å². The fraction of sp³-hybridized carbons (Fsp3) is 0.308. The molecule has 0 bridgehead atoms. The first kappa shape index (κ1) is 12.7. The van der Waals surface area contributed by atoms with Crippen LogP contribution in [-0.4, -0.2) is 12.3 Å². The molecule has 1 rings (SSSR count). The Morgan fingerprint density at radius 3 is 2.94 bits per heavy atom. The van der Waals surface area contributed by atoms with E-state index in [-0.39, 0.29) is 0 Å². The van der Waals surface area contributed by atoms with Crippen molar-refractivity contribution in [3.63, 3.8) is 0 Å². The van der Waals surface area contributed by atoms with Crippen LogP contribution in [0, 0.1) is 11.3 Å². The first-order valence-corrected chi connectivity index (χ1v) is 6.40. The minimum Gasteiger partial charge on any atom is -0.381 e. The molecule has 0 saturated heterocycles. The van der Waals surface area contributed by atoms with Gasteiger partial charge in [-0.25, -0.2) is 0 Å². The molecule has 84 valence electrons. The summed E-state index contributed by atoms with van der Waals surface area (Å²) in [6, 6.07) is 8.42. The zero-order chi connectivity index (χ0) is 12.0. The Balaban J connectivity index is 2.96. The highest BCUT2D eigenvalue weighted by molar-refractivity contribution is 7.98. The summed E-state index contributed by atoms with van der Waals surface area (Å²) in [5.74, 6) is 0. The Morgan fingerprint density at radius 1 is 1.62 bits per heavy atom. The average Bonchev–Trinajstić information content (AvgIpc) is 2.29. The van der Waals surface area contributed by atoms with Crippen LogP contribution in [-0.2, 0) is 0 Å². The molecule has 0 aliphatic heterocycles. The zero-order valence-corrected chi connectivity index (χ0v) is 10.5. The van der Waals surface area contributed by atoms with E-state index in [9.17, 15) is 0 Å². The first-order chi connectivity index (χ1) is 7.72. The molecule has 0 heterocycles. The van der Waals surface area contributed by atoms with Crippen molar-refractivity contribution in [3.8, 4) is 6.07 Å². The highest BCUT2D eigenvalue weighted by Gasteiger charge is 2.08. The Bertz CT molecular complexity index is 407.